The van der Waals surface area contributed by atoms with Crippen LogP contribution in [0.5, 0.6) is 0 Å². The fourth-order valence-corrected chi connectivity index (χ4v) is 1.64. The van der Waals surface area contributed by atoms with Crippen molar-refractivity contribution in [1.82, 2.24) is 5.32 Å². The summed E-state index contributed by atoms with van der Waals surface area (Å²) in [6.45, 7) is 3.79. The van der Waals surface area contributed by atoms with E-state index < -0.39 is 17.6 Å². The van der Waals surface area contributed by atoms with E-state index in [-0.39, 0.29) is 24.9 Å². The van der Waals surface area contributed by atoms with E-state index in [9.17, 15) is 13.6 Å². The Kier molecular flexibility index (Phi) is 5.22. The summed E-state index contributed by atoms with van der Waals surface area (Å²) in [5, 5.41) is 2.73. The van der Waals surface area contributed by atoms with Crippen LogP contribution < -0.4 is 11.1 Å². The largest absolute Gasteiger partial charge is 0.354 e. The number of carbonyl (C=O) groups excluding carboxylic acids is 1. The van der Waals surface area contributed by atoms with Gasteiger partial charge in [0.15, 0.2) is 0 Å². The van der Waals surface area contributed by atoms with Gasteiger partial charge < -0.3 is 11.1 Å². The molecule has 3 N–H and O–H groups in total. The molecule has 18 heavy (non-hydrogen) atoms. The molecular formula is C13H18F2N2O. The number of carbonyl (C=O) groups is 1. The molecule has 1 rings (SSSR count). The number of nitrogens with two attached hydrogens (primary N) is 1. The smallest absolute Gasteiger partial charge is 0.224 e. The van der Waals surface area contributed by atoms with Crippen LogP contribution in [-0.4, -0.2) is 18.5 Å². The van der Waals surface area contributed by atoms with Crippen molar-refractivity contribution in [2.75, 3.05) is 6.54 Å². The first kappa shape index (κ1) is 14.6. The maximum Gasteiger partial charge on any atom is 0.224 e. The van der Waals surface area contributed by atoms with Crippen LogP contribution in [0.3, 0.4) is 0 Å². The number of benzene rings is 1. The Hall–Kier alpha value is -1.49. The lowest BCUT2D eigenvalue weighted by molar-refractivity contribution is -0.125. The third-order valence-corrected chi connectivity index (χ3v) is 2.57. The molecule has 100 valence electrons. The highest BCUT2D eigenvalue weighted by atomic mass is 19.1. The third-order valence-electron chi connectivity index (χ3n) is 2.57. The molecule has 3 nitrogen and oxygen atoms in total. The highest BCUT2D eigenvalue weighted by Gasteiger charge is 2.19. The van der Waals surface area contributed by atoms with Gasteiger partial charge in [-0.05, 0) is 31.9 Å². The summed E-state index contributed by atoms with van der Waals surface area (Å²) >= 11 is 0. The minimum Gasteiger partial charge on any atom is -0.354 e. The second-order valence-electron chi connectivity index (χ2n) is 4.54. The molecule has 1 aromatic rings. The lowest BCUT2D eigenvalue weighted by Crippen LogP contribution is -2.39. The predicted molar refractivity (Wildman–Crippen MR) is 65.9 cm³/mol. The van der Waals surface area contributed by atoms with Gasteiger partial charge in [-0.25, -0.2) is 8.78 Å². The van der Waals surface area contributed by atoms with E-state index in [1.54, 1.807) is 0 Å². The summed E-state index contributed by atoms with van der Waals surface area (Å²) in [5.41, 5.74) is 5.82. The van der Waals surface area contributed by atoms with E-state index in [0.717, 1.165) is 6.07 Å². The zero-order valence-electron chi connectivity index (χ0n) is 10.5. The van der Waals surface area contributed by atoms with Gasteiger partial charge in [-0.3, -0.25) is 4.79 Å². The van der Waals surface area contributed by atoms with E-state index in [1.165, 1.54) is 12.1 Å². The van der Waals surface area contributed by atoms with Crippen LogP contribution in [0.25, 0.3) is 0 Å². The van der Waals surface area contributed by atoms with Gasteiger partial charge in [0.05, 0.1) is 5.92 Å². The Morgan fingerprint density at radius 1 is 1.39 bits per heavy atom. The predicted octanol–water partition coefficient (Wildman–Crippen LogP) is 1.61. The highest BCUT2D eigenvalue weighted by molar-refractivity contribution is 5.79. The zero-order valence-corrected chi connectivity index (χ0v) is 10.5. The maximum atomic E-state index is 13.5. The van der Waals surface area contributed by atoms with Crippen LogP contribution in [0.2, 0.25) is 0 Å². The molecule has 0 aliphatic rings. The average Bonchev–Trinajstić information content (AvgIpc) is 2.27. The average molecular weight is 256 g/mol. The van der Waals surface area contributed by atoms with Crippen LogP contribution >= 0.6 is 0 Å². The molecule has 0 spiro atoms. The number of rotatable bonds is 5. The molecule has 1 amide bonds. The quantitative estimate of drug-likeness (QED) is 0.841. The van der Waals surface area contributed by atoms with Crippen LogP contribution in [0, 0.1) is 17.6 Å². The van der Waals surface area contributed by atoms with Gasteiger partial charge in [-0.15, -0.1) is 0 Å². The summed E-state index contributed by atoms with van der Waals surface area (Å²) in [4.78, 5) is 11.8. The van der Waals surface area contributed by atoms with Crippen LogP contribution in [0.4, 0.5) is 8.78 Å². The second-order valence-corrected chi connectivity index (χ2v) is 4.54. The van der Waals surface area contributed by atoms with Gasteiger partial charge >= 0.3 is 0 Å². The normalized spacial score (nSPS) is 12.6. The topological polar surface area (TPSA) is 55.1 Å². The number of amides is 1. The van der Waals surface area contributed by atoms with Crippen molar-refractivity contribution in [3.8, 4) is 0 Å². The SMILES string of the molecule is CC(C)NC(=O)C(CN)Cc1ccc(F)cc1F. The molecule has 0 radical (unpaired) electrons. The highest BCUT2D eigenvalue weighted by Crippen LogP contribution is 2.14. The summed E-state index contributed by atoms with van der Waals surface area (Å²) in [5.74, 6) is -2.00. The van der Waals surface area contributed by atoms with Crippen LogP contribution in [0.1, 0.15) is 19.4 Å². The molecule has 1 aromatic carbocycles. The third kappa shape index (κ3) is 4.07. The monoisotopic (exact) mass is 256 g/mol. The molecule has 5 heteroatoms. The Balaban J connectivity index is 2.76. The summed E-state index contributed by atoms with van der Waals surface area (Å²) in [7, 11) is 0. The van der Waals surface area contributed by atoms with E-state index in [0.29, 0.717) is 5.56 Å². The summed E-state index contributed by atoms with van der Waals surface area (Å²) in [6, 6.07) is 3.33. The van der Waals surface area contributed by atoms with Crippen molar-refractivity contribution < 1.29 is 13.6 Å². The molecule has 0 aliphatic heterocycles. The number of nitrogens with one attached hydrogen (secondary N) is 1. The van der Waals surface area contributed by atoms with Crippen molar-refractivity contribution in [1.29, 1.82) is 0 Å². The molecule has 0 fully saturated rings. The Labute approximate surface area is 105 Å². The minimum atomic E-state index is -0.647. The van der Waals surface area contributed by atoms with Gasteiger partial charge in [0, 0.05) is 18.7 Å². The molecule has 0 heterocycles. The standard InChI is InChI=1S/C13H18F2N2O/c1-8(2)17-13(18)10(7-16)5-9-3-4-11(14)6-12(9)15/h3-4,6,8,10H,5,7,16H2,1-2H3,(H,17,18). The Morgan fingerprint density at radius 3 is 2.56 bits per heavy atom. The maximum absolute atomic E-state index is 13.5. The van der Waals surface area contributed by atoms with Gasteiger partial charge in [-0.2, -0.15) is 0 Å². The molecular weight excluding hydrogens is 238 g/mol. The van der Waals surface area contributed by atoms with E-state index in [2.05, 4.69) is 5.32 Å². The van der Waals surface area contributed by atoms with Gasteiger partial charge in [-0.1, -0.05) is 6.07 Å². The van der Waals surface area contributed by atoms with Crippen molar-refractivity contribution in [3.63, 3.8) is 0 Å². The number of hydrogen-bond donors (Lipinski definition) is 2. The fourth-order valence-electron chi connectivity index (χ4n) is 1.64. The molecule has 1 unspecified atom stereocenters. The molecule has 0 saturated carbocycles. The lowest BCUT2D eigenvalue weighted by atomic mass is 9.98. The van der Waals surface area contributed by atoms with E-state index in [4.69, 9.17) is 5.73 Å². The summed E-state index contributed by atoms with van der Waals surface area (Å²) in [6.07, 6.45) is 0.168. The number of hydrogen-bond acceptors (Lipinski definition) is 2. The molecule has 1 atom stereocenters. The van der Waals surface area contributed by atoms with Gasteiger partial charge in [0.2, 0.25) is 5.91 Å². The van der Waals surface area contributed by atoms with E-state index >= 15 is 0 Å². The summed E-state index contributed by atoms with van der Waals surface area (Å²) < 4.78 is 26.2. The molecule has 0 aromatic heterocycles. The van der Waals surface area contributed by atoms with Crippen molar-refractivity contribution in [3.05, 3.63) is 35.4 Å². The second kappa shape index (κ2) is 6.44. The van der Waals surface area contributed by atoms with Gasteiger partial charge in [0.1, 0.15) is 11.6 Å². The van der Waals surface area contributed by atoms with Crippen molar-refractivity contribution in [2.24, 2.45) is 11.7 Å². The van der Waals surface area contributed by atoms with Crippen LogP contribution in [-0.2, 0) is 11.2 Å². The minimum absolute atomic E-state index is 0.00427. The fraction of sp³-hybridized carbons (Fsp3) is 0.462. The molecule has 0 saturated heterocycles. The lowest BCUT2D eigenvalue weighted by Gasteiger charge is -2.17. The van der Waals surface area contributed by atoms with Gasteiger partial charge in [0.25, 0.3) is 0 Å². The number of halogens is 2. The Bertz CT molecular complexity index is 421. The zero-order chi connectivity index (χ0) is 13.7. The molecule has 0 aliphatic carbocycles. The molecule has 0 bridgehead atoms. The first-order valence-corrected chi connectivity index (χ1v) is 5.88. The first-order valence-electron chi connectivity index (χ1n) is 5.88. The Morgan fingerprint density at radius 2 is 2.06 bits per heavy atom. The van der Waals surface area contributed by atoms with Crippen molar-refractivity contribution >= 4 is 5.91 Å². The van der Waals surface area contributed by atoms with E-state index in [1.807, 2.05) is 13.8 Å². The first-order chi connectivity index (χ1) is 8.43. The van der Waals surface area contributed by atoms with Crippen molar-refractivity contribution in [2.45, 2.75) is 26.3 Å². The van der Waals surface area contributed by atoms with Crippen LogP contribution in [0.15, 0.2) is 18.2 Å².